The van der Waals surface area contributed by atoms with Crippen LogP contribution in [0.5, 0.6) is 0 Å². The third kappa shape index (κ3) is 1.88. The van der Waals surface area contributed by atoms with Crippen LogP contribution in [0.1, 0.15) is 18.9 Å². The Balaban J connectivity index is 2.47. The van der Waals surface area contributed by atoms with Gasteiger partial charge in [-0.05, 0) is 12.5 Å². The number of halogens is 1. The first-order chi connectivity index (χ1) is 7.72. The van der Waals surface area contributed by atoms with E-state index in [0.717, 1.165) is 24.1 Å². The van der Waals surface area contributed by atoms with E-state index < -0.39 is 0 Å². The Morgan fingerprint density at radius 2 is 2.25 bits per heavy atom. The zero-order chi connectivity index (χ0) is 11.5. The van der Waals surface area contributed by atoms with Crippen LogP contribution in [0, 0.1) is 5.82 Å². The standard InChI is InChI=1S/C11H13FN4/c1-2-3-9-10(15-16-11(9)13)7-4-8(12)6-14-5-7/h4-6H,2-3H2,1H3,(H3,13,15,16). The number of hydrogen-bond acceptors (Lipinski definition) is 3. The number of aromatic amines is 1. The minimum Gasteiger partial charge on any atom is -0.382 e. The van der Waals surface area contributed by atoms with Crippen LogP contribution in [-0.2, 0) is 6.42 Å². The number of H-pyrrole nitrogens is 1. The molecule has 0 fully saturated rings. The quantitative estimate of drug-likeness (QED) is 0.832. The van der Waals surface area contributed by atoms with E-state index >= 15 is 0 Å². The molecule has 0 aliphatic rings. The maximum atomic E-state index is 13.0. The Labute approximate surface area is 92.7 Å². The van der Waals surface area contributed by atoms with Gasteiger partial charge in [0.1, 0.15) is 11.6 Å². The van der Waals surface area contributed by atoms with Gasteiger partial charge in [0.2, 0.25) is 0 Å². The number of hydrogen-bond donors (Lipinski definition) is 2. The van der Waals surface area contributed by atoms with Crippen molar-refractivity contribution in [1.29, 1.82) is 0 Å². The van der Waals surface area contributed by atoms with Crippen LogP contribution in [0.4, 0.5) is 10.2 Å². The molecular formula is C11H13FN4. The van der Waals surface area contributed by atoms with Gasteiger partial charge in [-0.25, -0.2) is 4.39 Å². The van der Waals surface area contributed by atoms with Crippen LogP contribution >= 0.6 is 0 Å². The average molecular weight is 220 g/mol. The Morgan fingerprint density at radius 3 is 2.94 bits per heavy atom. The highest BCUT2D eigenvalue weighted by molar-refractivity contribution is 5.67. The lowest BCUT2D eigenvalue weighted by Crippen LogP contribution is -1.93. The smallest absolute Gasteiger partial charge is 0.149 e. The Bertz CT molecular complexity index is 492. The van der Waals surface area contributed by atoms with Crippen molar-refractivity contribution in [2.24, 2.45) is 0 Å². The molecule has 0 aliphatic carbocycles. The van der Waals surface area contributed by atoms with Gasteiger partial charge in [-0.1, -0.05) is 13.3 Å². The number of rotatable bonds is 3. The van der Waals surface area contributed by atoms with Gasteiger partial charge in [0.15, 0.2) is 0 Å². The van der Waals surface area contributed by atoms with Crippen LogP contribution < -0.4 is 5.73 Å². The lowest BCUT2D eigenvalue weighted by atomic mass is 10.1. The molecule has 84 valence electrons. The van der Waals surface area contributed by atoms with E-state index in [9.17, 15) is 4.39 Å². The molecule has 0 atom stereocenters. The summed E-state index contributed by atoms with van der Waals surface area (Å²) in [5.41, 5.74) is 8.10. The second-order valence-corrected chi connectivity index (χ2v) is 3.60. The summed E-state index contributed by atoms with van der Waals surface area (Å²) >= 11 is 0. The van der Waals surface area contributed by atoms with Crippen molar-refractivity contribution in [2.75, 3.05) is 5.73 Å². The first kappa shape index (κ1) is 10.6. The van der Waals surface area contributed by atoms with Crippen LogP contribution in [0.2, 0.25) is 0 Å². The molecule has 2 rings (SSSR count). The van der Waals surface area contributed by atoms with Gasteiger partial charge in [0, 0.05) is 17.3 Å². The summed E-state index contributed by atoms with van der Waals surface area (Å²) in [6, 6.07) is 1.42. The summed E-state index contributed by atoms with van der Waals surface area (Å²) < 4.78 is 13.0. The molecular weight excluding hydrogens is 207 g/mol. The van der Waals surface area contributed by atoms with Gasteiger partial charge in [-0.2, -0.15) is 5.10 Å². The number of pyridine rings is 1. The molecule has 0 bridgehead atoms. The first-order valence-corrected chi connectivity index (χ1v) is 5.16. The largest absolute Gasteiger partial charge is 0.382 e. The van der Waals surface area contributed by atoms with E-state index in [2.05, 4.69) is 22.1 Å². The zero-order valence-electron chi connectivity index (χ0n) is 9.00. The molecule has 0 saturated carbocycles. The number of nitrogens with zero attached hydrogens (tertiary/aromatic N) is 2. The van der Waals surface area contributed by atoms with Gasteiger partial charge < -0.3 is 5.73 Å². The maximum absolute atomic E-state index is 13.0. The van der Waals surface area contributed by atoms with E-state index in [1.807, 2.05) is 0 Å². The molecule has 0 aromatic carbocycles. The van der Waals surface area contributed by atoms with E-state index in [-0.39, 0.29) is 5.82 Å². The van der Waals surface area contributed by atoms with E-state index in [1.165, 1.54) is 12.3 Å². The lowest BCUT2D eigenvalue weighted by Gasteiger charge is -2.02. The monoisotopic (exact) mass is 220 g/mol. The highest BCUT2D eigenvalue weighted by atomic mass is 19.1. The second kappa shape index (κ2) is 4.30. The molecule has 2 aromatic rings. The van der Waals surface area contributed by atoms with Crippen molar-refractivity contribution >= 4 is 5.82 Å². The Morgan fingerprint density at radius 1 is 1.44 bits per heavy atom. The molecule has 2 heterocycles. The Kier molecular flexibility index (Phi) is 2.85. The number of nitrogens with two attached hydrogens (primary N) is 1. The van der Waals surface area contributed by atoms with Crippen molar-refractivity contribution in [3.63, 3.8) is 0 Å². The molecule has 0 saturated heterocycles. The zero-order valence-corrected chi connectivity index (χ0v) is 9.00. The normalized spacial score (nSPS) is 10.6. The second-order valence-electron chi connectivity index (χ2n) is 3.60. The molecule has 0 spiro atoms. The van der Waals surface area contributed by atoms with Gasteiger partial charge in [0.25, 0.3) is 0 Å². The maximum Gasteiger partial charge on any atom is 0.149 e. The van der Waals surface area contributed by atoms with Crippen molar-refractivity contribution in [3.05, 3.63) is 29.8 Å². The summed E-state index contributed by atoms with van der Waals surface area (Å²) in [4.78, 5) is 3.81. The van der Waals surface area contributed by atoms with Crippen LogP contribution in [0.3, 0.4) is 0 Å². The third-order valence-corrected chi connectivity index (χ3v) is 2.39. The van der Waals surface area contributed by atoms with Crippen molar-refractivity contribution in [2.45, 2.75) is 19.8 Å². The summed E-state index contributed by atoms with van der Waals surface area (Å²) in [6.07, 6.45) is 4.53. The molecule has 0 amide bonds. The fourth-order valence-electron chi connectivity index (χ4n) is 1.67. The summed E-state index contributed by atoms with van der Waals surface area (Å²) in [5.74, 6) is 0.106. The predicted molar refractivity (Wildman–Crippen MR) is 60.2 cm³/mol. The average Bonchev–Trinajstić information content (AvgIpc) is 2.61. The van der Waals surface area contributed by atoms with Gasteiger partial charge >= 0.3 is 0 Å². The third-order valence-electron chi connectivity index (χ3n) is 2.39. The van der Waals surface area contributed by atoms with Crippen LogP contribution in [0.25, 0.3) is 11.3 Å². The summed E-state index contributed by atoms with van der Waals surface area (Å²) in [7, 11) is 0. The number of aromatic nitrogens is 3. The van der Waals surface area contributed by atoms with Crippen molar-refractivity contribution < 1.29 is 4.39 Å². The van der Waals surface area contributed by atoms with Crippen molar-refractivity contribution in [3.8, 4) is 11.3 Å². The molecule has 0 unspecified atom stereocenters. The molecule has 3 N–H and O–H groups in total. The number of nitrogens with one attached hydrogen (secondary N) is 1. The number of nitrogen functional groups attached to an aromatic ring is 1. The van der Waals surface area contributed by atoms with Gasteiger partial charge in [-0.15, -0.1) is 0 Å². The highest BCUT2D eigenvalue weighted by Crippen LogP contribution is 2.26. The summed E-state index contributed by atoms with van der Waals surface area (Å²) in [6.45, 7) is 2.06. The van der Waals surface area contributed by atoms with E-state index in [0.29, 0.717) is 11.4 Å². The SMILES string of the molecule is CCCc1c(N)n[nH]c1-c1cncc(F)c1. The predicted octanol–water partition coefficient (Wildman–Crippen LogP) is 2.15. The molecule has 0 radical (unpaired) electrons. The van der Waals surface area contributed by atoms with E-state index in [4.69, 9.17) is 5.73 Å². The Hall–Kier alpha value is -1.91. The topological polar surface area (TPSA) is 67.6 Å². The van der Waals surface area contributed by atoms with Crippen LogP contribution in [0.15, 0.2) is 18.5 Å². The summed E-state index contributed by atoms with van der Waals surface area (Å²) in [5, 5.41) is 6.76. The molecule has 2 aromatic heterocycles. The fourth-order valence-corrected chi connectivity index (χ4v) is 1.67. The van der Waals surface area contributed by atoms with Gasteiger partial charge in [0.05, 0.1) is 11.9 Å². The molecule has 4 nitrogen and oxygen atoms in total. The van der Waals surface area contributed by atoms with Gasteiger partial charge in [-0.3, -0.25) is 10.1 Å². The van der Waals surface area contributed by atoms with Crippen molar-refractivity contribution in [1.82, 2.24) is 15.2 Å². The molecule has 16 heavy (non-hydrogen) atoms. The minimum absolute atomic E-state index is 0.367. The molecule has 0 aliphatic heterocycles. The molecule has 5 heteroatoms. The van der Waals surface area contributed by atoms with E-state index in [1.54, 1.807) is 6.20 Å². The highest BCUT2D eigenvalue weighted by Gasteiger charge is 2.12. The number of anilines is 1. The fraction of sp³-hybridized carbons (Fsp3) is 0.273. The minimum atomic E-state index is -0.367. The first-order valence-electron chi connectivity index (χ1n) is 5.16. The van der Waals surface area contributed by atoms with Crippen LogP contribution in [-0.4, -0.2) is 15.2 Å². The lowest BCUT2D eigenvalue weighted by molar-refractivity contribution is 0.622.